The average Bonchev–Trinajstić information content (AvgIpc) is 2.59. The minimum Gasteiger partial charge on any atom is -0.461 e. The topological polar surface area (TPSA) is 76.4 Å². The maximum absolute atomic E-state index is 11.7. The third-order valence-corrected chi connectivity index (χ3v) is 2.85. The van der Waals surface area contributed by atoms with Gasteiger partial charge in [0.2, 0.25) is 0 Å². The molecule has 1 rings (SSSR count). The molecule has 1 aliphatic heterocycles. The Kier molecular flexibility index (Phi) is 3.53. The molecule has 0 radical (unpaired) electrons. The summed E-state index contributed by atoms with van der Waals surface area (Å²) >= 11 is 0. The van der Waals surface area contributed by atoms with Crippen LogP contribution in [0.15, 0.2) is 0 Å². The van der Waals surface area contributed by atoms with Crippen molar-refractivity contribution >= 4 is 11.9 Å². The van der Waals surface area contributed by atoms with Gasteiger partial charge in [-0.3, -0.25) is 9.59 Å². The third-order valence-electron chi connectivity index (χ3n) is 2.85. The number of cyclic esters (lactones) is 1. The lowest BCUT2D eigenvalue weighted by molar-refractivity contribution is -0.160. The molecule has 0 amide bonds. The van der Waals surface area contributed by atoms with Crippen molar-refractivity contribution in [1.29, 1.82) is 5.26 Å². The molecular formula is C11H15NO4. The van der Waals surface area contributed by atoms with Crippen LogP contribution in [0.3, 0.4) is 0 Å². The van der Waals surface area contributed by atoms with Crippen LogP contribution in [0.1, 0.15) is 27.2 Å². The molecule has 0 aromatic rings. The van der Waals surface area contributed by atoms with Crippen LogP contribution < -0.4 is 0 Å². The van der Waals surface area contributed by atoms with Gasteiger partial charge in [0, 0.05) is 0 Å². The Morgan fingerprint density at radius 3 is 2.81 bits per heavy atom. The highest BCUT2D eigenvalue weighted by Gasteiger charge is 2.42. The van der Waals surface area contributed by atoms with E-state index in [2.05, 4.69) is 4.74 Å². The van der Waals surface area contributed by atoms with Gasteiger partial charge < -0.3 is 9.47 Å². The molecule has 1 fully saturated rings. The highest BCUT2D eigenvalue weighted by molar-refractivity contribution is 5.80. The van der Waals surface area contributed by atoms with Crippen LogP contribution in [-0.4, -0.2) is 24.6 Å². The lowest BCUT2D eigenvalue weighted by Gasteiger charge is -2.22. The first kappa shape index (κ1) is 12.5. The second-order valence-electron chi connectivity index (χ2n) is 4.42. The number of rotatable bonds is 3. The number of hydrogen-bond donors (Lipinski definition) is 0. The number of nitriles is 1. The summed E-state index contributed by atoms with van der Waals surface area (Å²) in [6.45, 7) is 5.37. The number of esters is 2. The van der Waals surface area contributed by atoms with Gasteiger partial charge >= 0.3 is 11.9 Å². The van der Waals surface area contributed by atoms with Gasteiger partial charge in [0.15, 0.2) is 12.0 Å². The van der Waals surface area contributed by atoms with E-state index in [0.717, 1.165) is 0 Å². The zero-order chi connectivity index (χ0) is 12.3. The zero-order valence-electron chi connectivity index (χ0n) is 9.65. The molecule has 1 saturated heterocycles. The molecule has 5 heteroatoms. The molecule has 5 nitrogen and oxygen atoms in total. The van der Waals surface area contributed by atoms with Crippen LogP contribution in [0, 0.1) is 22.7 Å². The fourth-order valence-corrected chi connectivity index (χ4v) is 1.18. The second kappa shape index (κ2) is 4.52. The molecule has 2 atom stereocenters. The van der Waals surface area contributed by atoms with Gasteiger partial charge in [-0.1, -0.05) is 6.92 Å². The molecule has 0 aliphatic carbocycles. The molecular weight excluding hydrogens is 210 g/mol. The van der Waals surface area contributed by atoms with E-state index >= 15 is 0 Å². The van der Waals surface area contributed by atoms with E-state index in [1.807, 2.05) is 6.92 Å². The van der Waals surface area contributed by atoms with Gasteiger partial charge in [-0.15, -0.1) is 0 Å². The summed E-state index contributed by atoms with van der Waals surface area (Å²) < 4.78 is 9.81. The van der Waals surface area contributed by atoms with E-state index in [-0.39, 0.29) is 6.61 Å². The van der Waals surface area contributed by atoms with Crippen molar-refractivity contribution in [2.24, 2.45) is 11.3 Å². The van der Waals surface area contributed by atoms with E-state index in [4.69, 9.17) is 10.00 Å². The van der Waals surface area contributed by atoms with Gasteiger partial charge in [0.05, 0.1) is 11.5 Å². The van der Waals surface area contributed by atoms with Crippen LogP contribution in [0.4, 0.5) is 0 Å². The minimum absolute atomic E-state index is 0.0252. The number of carbonyl (C=O) groups excluding carboxylic acids is 2. The maximum atomic E-state index is 11.7. The fourth-order valence-electron chi connectivity index (χ4n) is 1.18. The summed E-state index contributed by atoms with van der Waals surface area (Å²) in [5, 5.41) is 8.74. The largest absolute Gasteiger partial charge is 0.461 e. The molecule has 0 bridgehead atoms. The smallest absolute Gasteiger partial charge is 0.327 e. The monoisotopic (exact) mass is 225 g/mol. The second-order valence-corrected chi connectivity index (χ2v) is 4.42. The molecule has 0 N–H and O–H groups in total. The quantitative estimate of drug-likeness (QED) is 0.670. The van der Waals surface area contributed by atoms with Crippen molar-refractivity contribution in [2.45, 2.75) is 33.3 Å². The van der Waals surface area contributed by atoms with Gasteiger partial charge in [-0.2, -0.15) is 5.26 Å². The number of hydrogen-bond acceptors (Lipinski definition) is 5. The first-order valence-corrected chi connectivity index (χ1v) is 5.19. The summed E-state index contributed by atoms with van der Waals surface area (Å²) in [7, 11) is 0. The van der Waals surface area contributed by atoms with E-state index in [9.17, 15) is 9.59 Å². The molecule has 0 aromatic heterocycles. The predicted molar refractivity (Wildman–Crippen MR) is 54.0 cm³/mol. The highest BCUT2D eigenvalue weighted by Crippen LogP contribution is 2.25. The van der Waals surface area contributed by atoms with Crippen molar-refractivity contribution in [1.82, 2.24) is 0 Å². The average molecular weight is 225 g/mol. The molecule has 1 aliphatic rings. The first-order valence-electron chi connectivity index (χ1n) is 5.19. The van der Waals surface area contributed by atoms with Crippen molar-refractivity contribution in [3.63, 3.8) is 0 Å². The van der Waals surface area contributed by atoms with Crippen molar-refractivity contribution in [3.8, 4) is 6.07 Å². The summed E-state index contributed by atoms with van der Waals surface area (Å²) in [6, 6.07) is 1.79. The lowest BCUT2D eigenvalue weighted by atomic mass is 9.90. The van der Waals surface area contributed by atoms with Gasteiger partial charge in [0.1, 0.15) is 6.61 Å². The van der Waals surface area contributed by atoms with E-state index in [1.165, 1.54) is 0 Å². The predicted octanol–water partition coefficient (Wildman–Crippen LogP) is 1.03. The van der Waals surface area contributed by atoms with Crippen LogP contribution >= 0.6 is 0 Å². The lowest BCUT2D eigenvalue weighted by Crippen LogP contribution is -2.33. The van der Waals surface area contributed by atoms with E-state index in [1.54, 1.807) is 19.9 Å². The fraction of sp³-hybridized carbons (Fsp3) is 0.727. The van der Waals surface area contributed by atoms with E-state index in [0.29, 0.717) is 6.42 Å². The normalized spacial score (nSPS) is 24.8. The van der Waals surface area contributed by atoms with Gasteiger partial charge in [-0.05, 0) is 20.3 Å². The molecule has 1 heterocycles. The Hall–Kier alpha value is -1.57. The molecule has 2 unspecified atom stereocenters. The Morgan fingerprint density at radius 2 is 2.31 bits per heavy atom. The highest BCUT2D eigenvalue weighted by atomic mass is 16.6. The molecule has 0 saturated carbocycles. The molecule has 0 aromatic carbocycles. The van der Waals surface area contributed by atoms with E-state index < -0.39 is 29.4 Å². The number of ether oxygens (including phenoxy) is 2. The maximum Gasteiger partial charge on any atom is 0.327 e. The van der Waals surface area contributed by atoms with Crippen LogP contribution in [-0.2, 0) is 19.1 Å². The summed E-state index contributed by atoms with van der Waals surface area (Å²) in [6.07, 6.45) is -0.138. The standard InChI is InChI=1S/C11H15NO4/c1-4-11(2,3)10(14)16-8-6-15-9(13)7(8)5-12/h7-8H,4,6H2,1-3H3. The summed E-state index contributed by atoms with van der Waals surface area (Å²) in [4.78, 5) is 22.8. The van der Waals surface area contributed by atoms with Crippen LogP contribution in [0.2, 0.25) is 0 Å². The molecule has 0 spiro atoms. The van der Waals surface area contributed by atoms with Crippen molar-refractivity contribution in [2.75, 3.05) is 6.61 Å². The number of nitrogens with zero attached hydrogens (tertiary/aromatic N) is 1. The Morgan fingerprint density at radius 1 is 1.69 bits per heavy atom. The Balaban J connectivity index is 2.66. The van der Waals surface area contributed by atoms with Crippen LogP contribution in [0.5, 0.6) is 0 Å². The van der Waals surface area contributed by atoms with Gasteiger partial charge in [-0.25, -0.2) is 0 Å². The summed E-state index contributed by atoms with van der Waals surface area (Å²) in [5.74, 6) is -2.01. The number of carbonyl (C=O) groups is 2. The van der Waals surface area contributed by atoms with Crippen LogP contribution in [0.25, 0.3) is 0 Å². The Bertz CT molecular complexity index is 342. The summed E-state index contributed by atoms with van der Waals surface area (Å²) in [5.41, 5.74) is -0.606. The molecule has 16 heavy (non-hydrogen) atoms. The van der Waals surface area contributed by atoms with Crippen molar-refractivity contribution in [3.05, 3.63) is 0 Å². The first-order chi connectivity index (χ1) is 7.42. The minimum atomic E-state index is -0.989. The third kappa shape index (κ3) is 2.32. The van der Waals surface area contributed by atoms with Crippen molar-refractivity contribution < 1.29 is 19.1 Å². The SMILES string of the molecule is CCC(C)(C)C(=O)OC1COC(=O)C1C#N. The Labute approximate surface area is 94.3 Å². The van der Waals surface area contributed by atoms with Gasteiger partial charge in [0.25, 0.3) is 0 Å². The zero-order valence-corrected chi connectivity index (χ0v) is 9.65. The molecule has 88 valence electrons.